The van der Waals surface area contributed by atoms with Crippen molar-refractivity contribution in [3.63, 3.8) is 0 Å². The highest BCUT2D eigenvalue weighted by atomic mass is 19.1. The molecule has 0 radical (unpaired) electrons. The lowest BCUT2D eigenvalue weighted by atomic mass is 10.0. The molecule has 138 valence electrons. The van der Waals surface area contributed by atoms with Crippen molar-refractivity contribution in [1.29, 1.82) is 0 Å². The number of carbonyl (C=O) groups excluding carboxylic acids is 1. The van der Waals surface area contributed by atoms with Gasteiger partial charge in [-0.1, -0.05) is 0 Å². The standard InChI is InChI=1S/C16H22FN3O5/c1-16(2,19-5-7-24-8-6-19)11-18-15(21)10-25-14-9-12(17)3-4-13(14)20(22)23/h3-4,9H,5-8,10-11H2,1-2H3,(H,18,21). The zero-order valence-corrected chi connectivity index (χ0v) is 14.3. The largest absolute Gasteiger partial charge is 0.477 e. The number of hydrogen-bond donors (Lipinski definition) is 1. The van der Waals surface area contributed by atoms with Gasteiger partial charge in [0.25, 0.3) is 5.91 Å². The van der Waals surface area contributed by atoms with Crippen LogP contribution in [0.4, 0.5) is 10.1 Å². The van der Waals surface area contributed by atoms with Gasteiger partial charge in [0.15, 0.2) is 6.61 Å². The van der Waals surface area contributed by atoms with Crippen LogP contribution in [0.2, 0.25) is 0 Å². The van der Waals surface area contributed by atoms with Gasteiger partial charge < -0.3 is 14.8 Å². The molecular weight excluding hydrogens is 333 g/mol. The van der Waals surface area contributed by atoms with Crippen molar-refractivity contribution in [2.45, 2.75) is 19.4 Å². The molecule has 8 nitrogen and oxygen atoms in total. The van der Waals surface area contributed by atoms with Gasteiger partial charge in [0, 0.05) is 37.3 Å². The average Bonchev–Trinajstić information content (AvgIpc) is 2.59. The summed E-state index contributed by atoms with van der Waals surface area (Å²) in [4.78, 5) is 24.4. The highest BCUT2D eigenvalue weighted by Crippen LogP contribution is 2.27. The van der Waals surface area contributed by atoms with Crippen molar-refractivity contribution in [2.24, 2.45) is 0 Å². The Hall–Kier alpha value is -2.26. The Kier molecular flexibility index (Phi) is 6.27. The molecule has 0 spiro atoms. The number of hydrogen-bond acceptors (Lipinski definition) is 6. The van der Waals surface area contributed by atoms with E-state index < -0.39 is 23.3 Å². The Balaban J connectivity index is 1.86. The normalized spacial score (nSPS) is 15.6. The molecule has 1 N–H and O–H groups in total. The van der Waals surface area contributed by atoms with Crippen molar-refractivity contribution in [2.75, 3.05) is 39.5 Å². The third-order valence-corrected chi connectivity index (χ3v) is 4.06. The third kappa shape index (κ3) is 5.36. The Morgan fingerprint density at radius 2 is 2.12 bits per heavy atom. The zero-order chi connectivity index (χ0) is 18.4. The molecule has 1 saturated heterocycles. The lowest BCUT2D eigenvalue weighted by molar-refractivity contribution is -0.385. The van der Waals surface area contributed by atoms with Crippen LogP contribution in [0.3, 0.4) is 0 Å². The number of nitrogens with one attached hydrogen (secondary N) is 1. The molecule has 25 heavy (non-hydrogen) atoms. The van der Waals surface area contributed by atoms with E-state index in [9.17, 15) is 19.3 Å². The zero-order valence-electron chi connectivity index (χ0n) is 14.3. The summed E-state index contributed by atoms with van der Waals surface area (Å²) in [5.41, 5.74) is -0.646. The van der Waals surface area contributed by atoms with E-state index in [4.69, 9.17) is 9.47 Å². The summed E-state index contributed by atoms with van der Waals surface area (Å²) in [5, 5.41) is 13.6. The van der Waals surface area contributed by atoms with Crippen LogP contribution in [-0.4, -0.2) is 60.7 Å². The molecule has 1 amide bonds. The van der Waals surface area contributed by atoms with Gasteiger partial charge in [-0.25, -0.2) is 4.39 Å². The number of nitro groups is 1. The second kappa shape index (κ2) is 8.21. The van der Waals surface area contributed by atoms with E-state index >= 15 is 0 Å². The first-order valence-electron chi connectivity index (χ1n) is 7.96. The van der Waals surface area contributed by atoms with E-state index in [2.05, 4.69) is 10.2 Å². The number of morpholine rings is 1. The molecule has 0 atom stereocenters. The van der Waals surface area contributed by atoms with E-state index in [0.717, 1.165) is 31.3 Å². The maximum Gasteiger partial charge on any atom is 0.311 e. The molecule has 9 heteroatoms. The number of rotatable bonds is 7. The number of nitrogens with zero attached hydrogens (tertiary/aromatic N) is 2. The minimum Gasteiger partial charge on any atom is -0.477 e. The Bertz CT molecular complexity index is 632. The van der Waals surface area contributed by atoms with Crippen molar-refractivity contribution in [1.82, 2.24) is 10.2 Å². The molecule has 1 heterocycles. The fourth-order valence-corrected chi connectivity index (χ4v) is 2.54. The summed E-state index contributed by atoms with van der Waals surface area (Å²) in [6.45, 7) is 6.87. The Morgan fingerprint density at radius 1 is 1.44 bits per heavy atom. The molecule has 0 aliphatic carbocycles. The van der Waals surface area contributed by atoms with Crippen molar-refractivity contribution >= 4 is 11.6 Å². The summed E-state index contributed by atoms with van der Waals surface area (Å²) >= 11 is 0. The monoisotopic (exact) mass is 355 g/mol. The summed E-state index contributed by atoms with van der Waals surface area (Å²) < 4.78 is 23.7. The molecule has 1 aliphatic rings. The van der Waals surface area contributed by atoms with Crippen molar-refractivity contribution < 1.29 is 23.6 Å². The van der Waals surface area contributed by atoms with E-state index in [0.29, 0.717) is 19.8 Å². The van der Waals surface area contributed by atoms with Crippen LogP contribution >= 0.6 is 0 Å². The summed E-state index contributed by atoms with van der Waals surface area (Å²) in [7, 11) is 0. The van der Waals surface area contributed by atoms with E-state index in [1.165, 1.54) is 0 Å². The van der Waals surface area contributed by atoms with Crippen LogP contribution in [-0.2, 0) is 9.53 Å². The lowest BCUT2D eigenvalue weighted by Gasteiger charge is -2.40. The predicted molar refractivity (Wildman–Crippen MR) is 88.0 cm³/mol. The van der Waals surface area contributed by atoms with E-state index in [1.54, 1.807) is 0 Å². The molecular formula is C16H22FN3O5. The smallest absolute Gasteiger partial charge is 0.311 e. The number of ether oxygens (including phenoxy) is 2. The van der Waals surface area contributed by atoms with Gasteiger partial charge in [0.1, 0.15) is 5.82 Å². The molecule has 1 aliphatic heterocycles. The summed E-state index contributed by atoms with van der Waals surface area (Å²) in [6.07, 6.45) is 0. The number of halogens is 1. The van der Waals surface area contributed by atoms with Gasteiger partial charge in [-0.15, -0.1) is 0 Å². The number of amides is 1. The van der Waals surface area contributed by atoms with Gasteiger partial charge >= 0.3 is 5.69 Å². The second-order valence-corrected chi connectivity index (χ2v) is 6.35. The minimum absolute atomic E-state index is 0.260. The van der Waals surface area contributed by atoms with Crippen LogP contribution in [0, 0.1) is 15.9 Å². The van der Waals surface area contributed by atoms with Crippen LogP contribution in [0.15, 0.2) is 18.2 Å². The van der Waals surface area contributed by atoms with Crippen LogP contribution in [0.25, 0.3) is 0 Å². The van der Waals surface area contributed by atoms with Gasteiger partial charge in [-0.3, -0.25) is 19.8 Å². The fourth-order valence-electron chi connectivity index (χ4n) is 2.54. The number of benzene rings is 1. The SMILES string of the molecule is CC(C)(CNC(=O)COc1cc(F)ccc1[N+](=O)[O-])N1CCOCC1. The van der Waals surface area contributed by atoms with Crippen molar-refractivity contribution in [3.8, 4) is 5.75 Å². The second-order valence-electron chi connectivity index (χ2n) is 6.35. The summed E-state index contributed by atoms with van der Waals surface area (Å²) in [6, 6.07) is 2.86. The Labute approximate surface area is 145 Å². The fraction of sp³-hybridized carbons (Fsp3) is 0.562. The van der Waals surface area contributed by atoms with Crippen LogP contribution < -0.4 is 10.1 Å². The van der Waals surface area contributed by atoms with Crippen LogP contribution in [0.1, 0.15) is 13.8 Å². The molecule has 1 fully saturated rings. The maximum atomic E-state index is 13.2. The van der Waals surface area contributed by atoms with Crippen LogP contribution in [0.5, 0.6) is 5.75 Å². The molecule has 0 aromatic heterocycles. The predicted octanol–water partition coefficient (Wildman–Crippen LogP) is 1.34. The van der Waals surface area contributed by atoms with E-state index in [-0.39, 0.29) is 17.0 Å². The number of carbonyl (C=O) groups is 1. The molecule has 1 aromatic carbocycles. The summed E-state index contributed by atoms with van der Waals surface area (Å²) in [5.74, 6) is -1.37. The van der Waals surface area contributed by atoms with E-state index in [1.807, 2.05) is 13.8 Å². The lowest BCUT2D eigenvalue weighted by Crippen LogP contribution is -2.55. The maximum absolute atomic E-state index is 13.2. The minimum atomic E-state index is -0.686. The average molecular weight is 355 g/mol. The van der Waals surface area contributed by atoms with Crippen molar-refractivity contribution in [3.05, 3.63) is 34.1 Å². The highest BCUT2D eigenvalue weighted by molar-refractivity contribution is 5.77. The quantitative estimate of drug-likeness (QED) is 0.586. The molecule has 0 saturated carbocycles. The molecule has 0 unspecified atom stereocenters. The van der Waals surface area contributed by atoms with Gasteiger partial charge in [0.05, 0.1) is 18.1 Å². The Morgan fingerprint density at radius 3 is 2.76 bits per heavy atom. The molecule has 1 aromatic rings. The number of nitro benzene ring substituents is 1. The highest BCUT2D eigenvalue weighted by Gasteiger charge is 2.28. The third-order valence-electron chi connectivity index (χ3n) is 4.06. The first kappa shape index (κ1) is 19.1. The molecule has 2 rings (SSSR count). The van der Waals surface area contributed by atoms with Gasteiger partial charge in [-0.2, -0.15) is 0 Å². The topological polar surface area (TPSA) is 93.9 Å². The van der Waals surface area contributed by atoms with Gasteiger partial charge in [-0.05, 0) is 19.9 Å². The van der Waals surface area contributed by atoms with Gasteiger partial charge in [0.2, 0.25) is 5.75 Å². The molecule has 0 bridgehead atoms. The first-order valence-corrected chi connectivity index (χ1v) is 7.96. The first-order chi connectivity index (χ1) is 11.8.